The number of nitrogens with zero attached hydrogens (tertiary/aromatic N) is 1. The molecule has 3 nitrogen and oxygen atoms in total. The van der Waals surface area contributed by atoms with Crippen molar-refractivity contribution in [1.29, 1.82) is 0 Å². The minimum absolute atomic E-state index is 0.622. The van der Waals surface area contributed by atoms with Crippen molar-refractivity contribution in [3.05, 3.63) is 16.5 Å². The third-order valence-corrected chi connectivity index (χ3v) is 2.29. The third kappa shape index (κ3) is 2.47. The van der Waals surface area contributed by atoms with Crippen LogP contribution in [0.5, 0.6) is 0 Å². The molecule has 0 bridgehead atoms. The molecule has 12 heavy (non-hydrogen) atoms. The molecule has 0 atom stereocenters. The first-order valence-electron chi connectivity index (χ1n) is 3.63. The second-order valence-electron chi connectivity index (χ2n) is 2.37. The van der Waals surface area contributed by atoms with E-state index in [1.165, 1.54) is 0 Å². The maximum Gasteiger partial charge on any atom is 0.169 e. The summed E-state index contributed by atoms with van der Waals surface area (Å²) >= 11 is 9.18. The summed E-state index contributed by atoms with van der Waals surface area (Å²) < 4.78 is 4.98. The summed E-state index contributed by atoms with van der Waals surface area (Å²) in [6, 6.07) is 0. The summed E-state index contributed by atoms with van der Waals surface area (Å²) in [5, 5.41) is 8.41. The molecule has 0 amide bonds. The molecule has 0 unspecified atom stereocenters. The van der Waals surface area contributed by atoms with Gasteiger partial charge < -0.3 is 9.84 Å². The van der Waals surface area contributed by atoms with Crippen LogP contribution in [0.2, 0.25) is 5.02 Å². The average molecular weight is 254 g/mol. The Balaban J connectivity index is 2.46. The summed E-state index contributed by atoms with van der Waals surface area (Å²) in [5.41, 5.74) is 0.743. The number of aryl methyl sites for hydroxylation is 1. The smallest absolute Gasteiger partial charge is 0.169 e. The summed E-state index contributed by atoms with van der Waals surface area (Å²) in [4.78, 5) is 0. The molecule has 1 heterocycles. The fraction of sp³-hybridized carbons (Fsp3) is 0.571. The molecule has 0 spiro atoms. The molecule has 0 radical (unpaired) electrons. The van der Waals surface area contributed by atoms with Crippen LogP contribution in [0.25, 0.3) is 0 Å². The van der Waals surface area contributed by atoms with Crippen molar-refractivity contribution in [3.8, 4) is 0 Å². The molecule has 1 rings (SSSR count). The van der Waals surface area contributed by atoms with Gasteiger partial charge in [0.05, 0.1) is 12.2 Å². The van der Waals surface area contributed by atoms with Crippen molar-refractivity contribution in [2.24, 2.45) is 0 Å². The Morgan fingerprint density at radius 1 is 1.67 bits per heavy atom. The van der Waals surface area contributed by atoms with Gasteiger partial charge in [-0.05, 0) is 6.92 Å². The minimum Gasteiger partial charge on any atom is -0.358 e. The van der Waals surface area contributed by atoms with Crippen LogP contribution >= 0.6 is 27.5 Å². The maximum atomic E-state index is 5.88. The first kappa shape index (κ1) is 10.0. The first-order valence-corrected chi connectivity index (χ1v) is 5.13. The summed E-state index contributed by atoms with van der Waals surface area (Å²) in [6.07, 6.45) is 0. The van der Waals surface area contributed by atoms with Gasteiger partial charge in [-0.15, -0.1) is 0 Å². The fourth-order valence-corrected chi connectivity index (χ4v) is 1.20. The molecule has 0 aliphatic rings. The van der Waals surface area contributed by atoms with Crippen LogP contribution in [0.1, 0.15) is 11.5 Å². The number of alkyl halides is 1. The molecule has 68 valence electrons. The lowest BCUT2D eigenvalue weighted by Gasteiger charge is -1.97. The van der Waals surface area contributed by atoms with Crippen molar-refractivity contribution in [1.82, 2.24) is 10.5 Å². The number of hydrogen-bond acceptors (Lipinski definition) is 3. The Kier molecular flexibility index (Phi) is 4.05. The van der Waals surface area contributed by atoms with Crippen LogP contribution in [-0.2, 0) is 6.54 Å². The highest BCUT2D eigenvalue weighted by atomic mass is 79.9. The number of rotatable bonds is 4. The van der Waals surface area contributed by atoms with E-state index in [1.807, 2.05) is 6.92 Å². The lowest BCUT2D eigenvalue weighted by molar-refractivity contribution is 0.371. The van der Waals surface area contributed by atoms with E-state index < -0.39 is 0 Å². The van der Waals surface area contributed by atoms with Gasteiger partial charge >= 0.3 is 0 Å². The average Bonchev–Trinajstić information content (AvgIpc) is 2.36. The van der Waals surface area contributed by atoms with E-state index in [1.54, 1.807) is 0 Å². The molecule has 0 saturated heterocycles. The van der Waals surface area contributed by atoms with Crippen molar-refractivity contribution in [3.63, 3.8) is 0 Å². The van der Waals surface area contributed by atoms with Crippen molar-refractivity contribution >= 4 is 27.5 Å². The van der Waals surface area contributed by atoms with Crippen molar-refractivity contribution in [2.45, 2.75) is 13.5 Å². The normalized spacial score (nSPS) is 10.6. The number of nitrogens with one attached hydrogen (secondary N) is 1. The van der Waals surface area contributed by atoms with Crippen molar-refractivity contribution in [2.75, 3.05) is 11.9 Å². The van der Waals surface area contributed by atoms with Crippen LogP contribution < -0.4 is 5.32 Å². The van der Waals surface area contributed by atoms with Gasteiger partial charge in [-0.3, -0.25) is 0 Å². The van der Waals surface area contributed by atoms with Crippen LogP contribution in [0.15, 0.2) is 4.52 Å². The van der Waals surface area contributed by atoms with E-state index in [9.17, 15) is 0 Å². The van der Waals surface area contributed by atoms with Gasteiger partial charge in [0.2, 0.25) is 0 Å². The van der Waals surface area contributed by atoms with Gasteiger partial charge in [0.15, 0.2) is 5.76 Å². The first-order chi connectivity index (χ1) is 5.75. The molecule has 0 aliphatic carbocycles. The third-order valence-electron chi connectivity index (χ3n) is 1.41. The molecule has 0 aromatic carbocycles. The lowest BCUT2D eigenvalue weighted by atomic mass is 10.4. The monoisotopic (exact) mass is 252 g/mol. The van der Waals surface area contributed by atoms with Gasteiger partial charge in [0, 0.05) is 11.9 Å². The zero-order valence-corrected chi connectivity index (χ0v) is 9.07. The Bertz CT molecular complexity index is 252. The zero-order valence-electron chi connectivity index (χ0n) is 6.73. The quantitative estimate of drug-likeness (QED) is 0.660. The molecule has 1 N–H and O–H groups in total. The van der Waals surface area contributed by atoms with Gasteiger partial charge in [-0.1, -0.05) is 32.7 Å². The molecule has 0 saturated carbocycles. The molecule has 5 heteroatoms. The highest BCUT2D eigenvalue weighted by Gasteiger charge is 2.08. The second kappa shape index (κ2) is 4.84. The number of aromatic nitrogens is 1. The largest absolute Gasteiger partial charge is 0.358 e. The van der Waals surface area contributed by atoms with E-state index in [-0.39, 0.29) is 0 Å². The van der Waals surface area contributed by atoms with E-state index in [4.69, 9.17) is 16.1 Å². The van der Waals surface area contributed by atoms with E-state index in [0.29, 0.717) is 17.3 Å². The molecule has 1 aromatic heterocycles. The SMILES string of the molecule is Cc1noc(CNCCBr)c1Cl. The molecule has 0 aliphatic heterocycles. The Morgan fingerprint density at radius 3 is 2.92 bits per heavy atom. The molecular formula is C7H10BrClN2O. The van der Waals surface area contributed by atoms with Gasteiger partial charge in [-0.25, -0.2) is 0 Å². The summed E-state index contributed by atoms with van der Waals surface area (Å²) in [5.74, 6) is 0.704. The lowest BCUT2D eigenvalue weighted by Crippen LogP contribution is -2.15. The van der Waals surface area contributed by atoms with E-state index in [2.05, 4.69) is 26.4 Å². The highest BCUT2D eigenvalue weighted by molar-refractivity contribution is 9.09. The summed E-state index contributed by atoms with van der Waals surface area (Å²) in [6.45, 7) is 3.33. The number of hydrogen-bond donors (Lipinski definition) is 1. The Labute approximate surface area is 84.6 Å². The van der Waals surface area contributed by atoms with Crippen molar-refractivity contribution < 1.29 is 4.52 Å². The van der Waals surface area contributed by atoms with Crippen LogP contribution in [0, 0.1) is 6.92 Å². The van der Waals surface area contributed by atoms with Crippen LogP contribution in [0.4, 0.5) is 0 Å². The summed E-state index contributed by atoms with van der Waals surface area (Å²) in [7, 11) is 0. The minimum atomic E-state index is 0.622. The standard InChI is InChI=1S/C7H10BrClN2O/c1-5-7(9)6(12-11-5)4-10-3-2-8/h10H,2-4H2,1H3. The van der Waals surface area contributed by atoms with E-state index in [0.717, 1.165) is 17.6 Å². The van der Waals surface area contributed by atoms with Gasteiger partial charge in [0.1, 0.15) is 5.02 Å². The Hall–Kier alpha value is -0.0600. The van der Waals surface area contributed by atoms with Crippen LogP contribution in [-0.4, -0.2) is 17.0 Å². The zero-order chi connectivity index (χ0) is 8.97. The predicted molar refractivity (Wildman–Crippen MR) is 51.8 cm³/mol. The Morgan fingerprint density at radius 2 is 2.42 bits per heavy atom. The van der Waals surface area contributed by atoms with Gasteiger partial charge in [0.25, 0.3) is 0 Å². The number of halogens is 2. The second-order valence-corrected chi connectivity index (χ2v) is 3.54. The van der Waals surface area contributed by atoms with Crippen LogP contribution in [0.3, 0.4) is 0 Å². The molecular weight excluding hydrogens is 243 g/mol. The van der Waals surface area contributed by atoms with E-state index >= 15 is 0 Å². The fourth-order valence-electron chi connectivity index (χ4n) is 0.784. The highest BCUT2D eigenvalue weighted by Crippen LogP contribution is 2.18. The predicted octanol–water partition coefficient (Wildman–Crippen LogP) is 2.12. The molecule has 1 aromatic rings. The van der Waals surface area contributed by atoms with Gasteiger partial charge in [-0.2, -0.15) is 0 Å². The maximum absolute atomic E-state index is 5.88. The molecule has 0 fully saturated rings. The topological polar surface area (TPSA) is 38.1 Å².